The lowest BCUT2D eigenvalue weighted by atomic mass is 10.0. The van der Waals surface area contributed by atoms with Gasteiger partial charge in [-0.25, -0.2) is 4.79 Å². The molecule has 0 aliphatic rings. The Bertz CT molecular complexity index is 825. The fourth-order valence-electron chi connectivity index (χ4n) is 2.54. The molecule has 0 saturated heterocycles. The maximum Gasteiger partial charge on any atom is 0.416 e. The van der Waals surface area contributed by atoms with Crippen LogP contribution in [0.3, 0.4) is 0 Å². The van der Waals surface area contributed by atoms with Crippen molar-refractivity contribution in [3.63, 3.8) is 0 Å². The molecule has 0 bridgehead atoms. The molecule has 0 atom stereocenters. The Morgan fingerprint density at radius 1 is 1.31 bits per heavy atom. The highest BCUT2D eigenvalue weighted by Crippen LogP contribution is 2.42. The molecular weight excluding hydrogens is 394 g/mol. The zero-order valence-corrected chi connectivity index (χ0v) is 15.6. The number of halogens is 5. The Morgan fingerprint density at radius 2 is 1.85 bits per heavy atom. The van der Waals surface area contributed by atoms with E-state index in [2.05, 4.69) is 5.10 Å². The average Bonchev–Trinajstić information content (AvgIpc) is 2.88. The number of hydrogen-bond acceptors (Lipinski definition) is 3. The summed E-state index contributed by atoms with van der Waals surface area (Å²) in [5.74, 6) is -0.264. The SMILES string of the molecule is CCc1c(Oc2c(Cl)cc(C(F)(F)F)cc2Cl)nn(C(N)=O)c1C(C)C. The second-order valence-corrected chi connectivity index (χ2v) is 6.61. The molecule has 0 aliphatic carbocycles. The number of amides is 1. The number of carbonyl (C=O) groups is 1. The summed E-state index contributed by atoms with van der Waals surface area (Å²) in [5.41, 5.74) is 5.48. The van der Waals surface area contributed by atoms with Gasteiger partial charge in [-0.15, -0.1) is 5.10 Å². The fraction of sp³-hybridized carbons (Fsp3) is 0.375. The van der Waals surface area contributed by atoms with Crippen LogP contribution in [0.1, 0.15) is 43.5 Å². The van der Waals surface area contributed by atoms with E-state index in [1.807, 2.05) is 20.8 Å². The molecule has 1 heterocycles. The van der Waals surface area contributed by atoms with Crippen LogP contribution < -0.4 is 10.5 Å². The number of alkyl halides is 3. The Kier molecular flexibility index (Phi) is 5.77. The number of nitrogens with two attached hydrogens (primary N) is 1. The van der Waals surface area contributed by atoms with Crippen LogP contribution in [0.5, 0.6) is 11.6 Å². The van der Waals surface area contributed by atoms with E-state index in [0.29, 0.717) is 29.8 Å². The number of primary amides is 1. The van der Waals surface area contributed by atoms with Gasteiger partial charge in [0.25, 0.3) is 0 Å². The maximum absolute atomic E-state index is 12.8. The summed E-state index contributed by atoms with van der Waals surface area (Å²) < 4.78 is 45.1. The van der Waals surface area contributed by atoms with Crippen LogP contribution in [0, 0.1) is 0 Å². The number of hydrogen-bond donors (Lipinski definition) is 1. The molecule has 0 saturated carbocycles. The quantitative estimate of drug-likeness (QED) is 0.712. The first-order valence-electron chi connectivity index (χ1n) is 7.63. The number of carbonyl (C=O) groups excluding carboxylic acids is 1. The third-order valence-electron chi connectivity index (χ3n) is 3.62. The second-order valence-electron chi connectivity index (χ2n) is 5.80. The Hall–Kier alpha value is -1.93. The summed E-state index contributed by atoms with van der Waals surface area (Å²) in [7, 11) is 0. The third-order valence-corrected chi connectivity index (χ3v) is 4.18. The summed E-state index contributed by atoms with van der Waals surface area (Å²) in [6, 6.07) is 0.619. The third kappa shape index (κ3) is 3.91. The lowest BCUT2D eigenvalue weighted by Gasteiger charge is -2.13. The minimum Gasteiger partial charge on any atom is -0.434 e. The van der Waals surface area contributed by atoms with E-state index in [1.165, 1.54) is 0 Å². The predicted molar refractivity (Wildman–Crippen MR) is 92.2 cm³/mol. The Labute approximate surface area is 157 Å². The van der Waals surface area contributed by atoms with Crippen LogP contribution in [-0.2, 0) is 12.6 Å². The van der Waals surface area contributed by atoms with Gasteiger partial charge in [0.2, 0.25) is 5.88 Å². The van der Waals surface area contributed by atoms with Crippen LogP contribution in [0.2, 0.25) is 10.0 Å². The van der Waals surface area contributed by atoms with E-state index in [-0.39, 0.29) is 27.6 Å². The van der Waals surface area contributed by atoms with Gasteiger partial charge in [-0.3, -0.25) is 0 Å². The van der Waals surface area contributed by atoms with E-state index in [1.54, 1.807) is 0 Å². The van der Waals surface area contributed by atoms with Gasteiger partial charge in [-0.2, -0.15) is 17.9 Å². The summed E-state index contributed by atoms with van der Waals surface area (Å²) in [6.45, 7) is 5.51. The maximum atomic E-state index is 12.8. The topological polar surface area (TPSA) is 70.1 Å². The molecule has 1 amide bonds. The smallest absolute Gasteiger partial charge is 0.416 e. The van der Waals surface area contributed by atoms with Gasteiger partial charge in [0.05, 0.1) is 21.3 Å². The van der Waals surface area contributed by atoms with Crippen molar-refractivity contribution < 1.29 is 22.7 Å². The molecule has 10 heteroatoms. The number of rotatable bonds is 4. The summed E-state index contributed by atoms with van der Waals surface area (Å²) in [5, 5.41) is 3.38. The molecule has 2 N–H and O–H groups in total. The van der Waals surface area contributed by atoms with Gasteiger partial charge in [-0.05, 0) is 24.5 Å². The number of aromatic nitrogens is 2. The summed E-state index contributed by atoms with van der Waals surface area (Å²) in [4.78, 5) is 11.6. The Morgan fingerprint density at radius 3 is 2.23 bits per heavy atom. The molecule has 0 fully saturated rings. The predicted octanol–water partition coefficient (Wildman–Crippen LogP) is 5.61. The Balaban J connectivity index is 2.56. The van der Waals surface area contributed by atoms with Gasteiger partial charge in [-0.1, -0.05) is 44.0 Å². The zero-order chi connectivity index (χ0) is 19.8. The number of nitrogens with zero attached hydrogens (tertiary/aromatic N) is 2. The van der Waals surface area contributed by atoms with Gasteiger partial charge < -0.3 is 10.5 Å². The van der Waals surface area contributed by atoms with Crippen molar-refractivity contribution in [2.45, 2.75) is 39.3 Å². The van der Waals surface area contributed by atoms with Crippen molar-refractivity contribution in [3.05, 3.63) is 39.0 Å². The highest BCUT2D eigenvalue weighted by atomic mass is 35.5. The molecule has 26 heavy (non-hydrogen) atoms. The van der Waals surface area contributed by atoms with E-state index < -0.39 is 17.8 Å². The molecule has 1 aromatic heterocycles. The standard InChI is InChI=1S/C16H16Cl2F3N3O2/c1-4-9-12(7(2)3)24(15(22)25)23-14(9)26-13-10(17)5-8(6-11(13)18)16(19,20)21/h5-7H,4H2,1-3H3,(H2,22,25). The average molecular weight is 410 g/mol. The number of ether oxygens (including phenoxy) is 1. The van der Waals surface area contributed by atoms with Crippen molar-refractivity contribution in [3.8, 4) is 11.6 Å². The van der Waals surface area contributed by atoms with E-state index in [0.717, 1.165) is 4.68 Å². The van der Waals surface area contributed by atoms with E-state index in [9.17, 15) is 18.0 Å². The molecule has 2 rings (SSSR count). The molecule has 1 aromatic carbocycles. The second kappa shape index (κ2) is 7.36. The number of benzene rings is 1. The zero-order valence-electron chi connectivity index (χ0n) is 14.1. The van der Waals surface area contributed by atoms with E-state index >= 15 is 0 Å². The first kappa shape index (κ1) is 20.4. The minimum atomic E-state index is -4.60. The van der Waals surface area contributed by atoms with Crippen molar-refractivity contribution in [2.24, 2.45) is 5.73 Å². The molecule has 142 valence electrons. The van der Waals surface area contributed by atoms with Crippen LogP contribution in [0.15, 0.2) is 12.1 Å². The summed E-state index contributed by atoms with van der Waals surface area (Å²) >= 11 is 11.8. The van der Waals surface area contributed by atoms with Crippen LogP contribution in [-0.4, -0.2) is 15.8 Å². The monoisotopic (exact) mass is 409 g/mol. The van der Waals surface area contributed by atoms with E-state index in [4.69, 9.17) is 33.7 Å². The normalized spacial score (nSPS) is 11.9. The van der Waals surface area contributed by atoms with Crippen molar-refractivity contribution >= 4 is 29.2 Å². The van der Waals surface area contributed by atoms with Gasteiger partial charge >= 0.3 is 12.2 Å². The molecule has 0 spiro atoms. The summed E-state index contributed by atoms with van der Waals surface area (Å²) in [6.07, 6.45) is -4.15. The van der Waals surface area contributed by atoms with Gasteiger partial charge in [0.15, 0.2) is 5.75 Å². The van der Waals surface area contributed by atoms with Crippen LogP contribution in [0.25, 0.3) is 0 Å². The molecule has 0 unspecified atom stereocenters. The van der Waals surface area contributed by atoms with Gasteiger partial charge in [0.1, 0.15) is 0 Å². The van der Waals surface area contributed by atoms with Crippen molar-refractivity contribution in [1.29, 1.82) is 0 Å². The van der Waals surface area contributed by atoms with Crippen molar-refractivity contribution in [1.82, 2.24) is 9.78 Å². The van der Waals surface area contributed by atoms with Crippen LogP contribution >= 0.6 is 23.2 Å². The minimum absolute atomic E-state index is 0.0126. The molecule has 0 radical (unpaired) electrons. The van der Waals surface area contributed by atoms with Crippen molar-refractivity contribution in [2.75, 3.05) is 0 Å². The van der Waals surface area contributed by atoms with Crippen LogP contribution in [0.4, 0.5) is 18.0 Å². The largest absolute Gasteiger partial charge is 0.434 e. The molecule has 0 aliphatic heterocycles. The molecule has 2 aromatic rings. The molecular formula is C16H16Cl2F3N3O2. The first-order valence-corrected chi connectivity index (χ1v) is 8.38. The van der Waals surface area contributed by atoms with Gasteiger partial charge in [0, 0.05) is 5.56 Å². The highest BCUT2D eigenvalue weighted by Gasteiger charge is 2.33. The fourth-order valence-corrected chi connectivity index (χ4v) is 3.10. The highest BCUT2D eigenvalue weighted by molar-refractivity contribution is 6.37. The lowest BCUT2D eigenvalue weighted by molar-refractivity contribution is -0.137. The molecule has 5 nitrogen and oxygen atoms in total. The first-order chi connectivity index (χ1) is 12.0. The lowest BCUT2D eigenvalue weighted by Crippen LogP contribution is -2.23.